The molecule has 0 saturated heterocycles. The highest BCUT2D eigenvalue weighted by Gasteiger charge is 2.30. The quantitative estimate of drug-likeness (QED) is 0.458. The largest absolute Gasteiger partial charge is 0.376 e. The molecular weight excluding hydrogens is 404 g/mol. The topological polar surface area (TPSA) is 107 Å². The number of anilines is 1. The molecule has 0 unspecified atom stereocenters. The highest BCUT2D eigenvalue weighted by Crippen LogP contribution is 2.38. The highest BCUT2D eigenvalue weighted by molar-refractivity contribution is 7.90. The molecule has 0 bridgehead atoms. The number of rotatable bonds is 6. The van der Waals surface area contributed by atoms with Gasteiger partial charge in [-0.3, -0.25) is 10.1 Å². The van der Waals surface area contributed by atoms with Gasteiger partial charge in [0, 0.05) is 12.2 Å². The van der Waals surface area contributed by atoms with Crippen molar-refractivity contribution in [2.75, 3.05) is 5.32 Å². The SMILES string of the molecule is CC[C@@H]1CCC[C@@H]1Nc1c([N+](=O)[O-])cnc2c1ccn2S(=O)(=O)c1ccc(C)cc1. The Balaban J connectivity index is 1.84. The molecule has 9 heteroatoms. The maximum Gasteiger partial charge on any atom is 0.311 e. The van der Waals surface area contributed by atoms with E-state index in [0.717, 1.165) is 41.4 Å². The lowest BCUT2D eigenvalue weighted by atomic mass is 10.00. The van der Waals surface area contributed by atoms with Crippen molar-refractivity contribution in [2.45, 2.75) is 50.5 Å². The van der Waals surface area contributed by atoms with E-state index < -0.39 is 14.9 Å². The Labute approximate surface area is 175 Å². The standard InChI is InChI=1S/C21H24N4O4S/c1-3-15-5-4-6-18(15)23-20-17-11-12-24(21(17)22-13-19(20)25(26)27)30(28,29)16-9-7-14(2)8-10-16/h7-13,15,18H,3-6H2,1-2H3,(H,22,23)/t15-,18+/m1/s1. The summed E-state index contributed by atoms with van der Waals surface area (Å²) >= 11 is 0. The second-order valence-corrected chi connectivity index (χ2v) is 9.61. The fourth-order valence-corrected chi connectivity index (χ4v) is 5.56. The highest BCUT2D eigenvalue weighted by atomic mass is 32.2. The van der Waals surface area contributed by atoms with Gasteiger partial charge in [0.2, 0.25) is 0 Å². The molecule has 0 radical (unpaired) electrons. The van der Waals surface area contributed by atoms with Gasteiger partial charge in [0.15, 0.2) is 5.65 Å². The Morgan fingerprint density at radius 1 is 1.23 bits per heavy atom. The summed E-state index contributed by atoms with van der Waals surface area (Å²) in [5.41, 5.74) is 1.33. The Morgan fingerprint density at radius 3 is 2.63 bits per heavy atom. The van der Waals surface area contributed by atoms with E-state index in [-0.39, 0.29) is 22.3 Å². The first-order valence-electron chi connectivity index (χ1n) is 10.1. The van der Waals surface area contributed by atoms with Crippen molar-refractivity contribution >= 4 is 32.4 Å². The third kappa shape index (κ3) is 3.43. The van der Waals surface area contributed by atoms with Gasteiger partial charge in [0.1, 0.15) is 11.9 Å². The Hall–Kier alpha value is -2.94. The Kier molecular flexibility index (Phi) is 5.23. The molecule has 4 rings (SSSR count). The fourth-order valence-electron chi connectivity index (χ4n) is 4.26. The molecule has 0 aliphatic heterocycles. The minimum absolute atomic E-state index is 0.122. The van der Waals surface area contributed by atoms with Crippen LogP contribution in [0.3, 0.4) is 0 Å². The molecule has 30 heavy (non-hydrogen) atoms. The average molecular weight is 429 g/mol. The van der Waals surface area contributed by atoms with Crippen LogP contribution in [0.4, 0.5) is 11.4 Å². The molecule has 0 amide bonds. The number of pyridine rings is 1. The summed E-state index contributed by atoms with van der Waals surface area (Å²) in [7, 11) is -3.88. The summed E-state index contributed by atoms with van der Waals surface area (Å²) in [5.74, 6) is 0.436. The van der Waals surface area contributed by atoms with Crippen LogP contribution in [-0.4, -0.2) is 28.3 Å². The lowest BCUT2D eigenvalue weighted by molar-refractivity contribution is -0.384. The van der Waals surface area contributed by atoms with Crippen molar-refractivity contribution in [1.29, 1.82) is 0 Å². The maximum atomic E-state index is 13.2. The van der Waals surface area contributed by atoms with E-state index >= 15 is 0 Å². The minimum atomic E-state index is -3.88. The van der Waals surface area contributed by atoms with Crippen LogP contribution in [0.25, 0.3) is 11.0 Å². The number of hydrogen-bond acceptors (Lipinski definition) is 6. The summed E-state index contributed by atoms with van der Waals surface area (Å²) in [6.07, 6.45) is 6.62. The number of fused-ring (bicyclic) bond motifs is 1. The van der Waals surface area contributed by atoms with E-state index in [9.17, 15) is 18.5 Å². The second kappa shape index (κ2) is 7.71. The number of aromatic nitrogens is 2. The van der Waals surface area contributed by atoms with Crippen LogP contribution in [0.2, 0.25) is 0 Å². The van der Waals surface area contributed by atoms with Crippen LogP contribution < -0.4 is 5.32 Å². The lowest BCUT2D eigenvalue weighted by Crippen LogP contribution is -2.24. The van der Waals surface area contributed by atoms with Crippen LogP contribution >= 0.6 is 0 Å². The smallest absolute Gasteiger partial charge is 0.311 e. The van der Waals surface area contributed by atoms with E-state index in [2.05, 4.69) is 17.2 Å². The number of nitro groups is 1. The van der Waals surface area contributed by atoms with Crippen LogP contribution in [0.15, 0.2) is 47.6 Å². The van der Waals surface area contributed by atoms with Crippen LogP contribution in [0.5, 0.6) is 0 Å². The normalized spacial score (nSPS) is 19.3. The molecular formula is C21H24N4O4S. The zero-order valence-electron chi connectivity index (χ0n) is 16.9. The van der Waals surface area contributed by atoms with E-state index in [1.165, 1.54) is 6.20 Å². The molecule has 1 fully saturated rings. The van der Waals surface area contributed by atoms with Crippen molar-refractivity contribution in [3.05, 3.63) is 58.4 Å². The summed E-state index contributed by atoms with van der Waals surface area (Å²) in [6, 6.07) is 8.26. The predicted octanol–water partition coefficient (Wildman–Crippen LogP) is 4.48. The van der Waals surface area contributed by atoms with Gasteiger partial charge in [0.25, 0.3) is 10.0 Å². The predicted molar refractivity (Wildman–Crippen MR) is 115 cm³/mol. The van der Waals surface area contributed by atoms with E-state index in [0.29, 0.717) is 17.0 Å². The molecule has 2 aromatic heterocycles. The molecule has 1 saturated carbocycles. The number of benzene rings is 1. The summed E-state index contributed by atoms with van der Waals surface area (Å²) in [6.45, 7) is 4.00. The van der Waals surface area contributed by atoms with Crippen molar-refractivity contribution in [1.82, 2.24) is 8.96 Å². The maximum absolute atomic E-state index is 13.2. The van der Waals surface area contributed by atoms with Crippen molar-refractivity contribution in [2.24, 2.45) is 5.92 Å². The first kappa shape index (κ1) is 20.3. The minimum Gasteiger partial charge on any atom is -0.376 e. The summed E-state index contributed by atoms with van der Waals surface area (Å²) in [5, 5.41) is 15.4. The number of aryl methyl sites for hydroxylation is 1. The van der Waals surface area contributed by atoms with Gasteiger partial charge < -0.3 is 5.32 Å². The summed E-state index contributed by atoms with van der Waals surface area (Å²) < 4.78 is 27.4. The monoisotopic (exact) mass is 428 g/mol. The van der Waals surface area contributed by atoms with Crippen molar-refractivity contribution in [3.8, 4) is 0 Å². The number of hydrogen-bond donors (Lipinski definition) is 1. The van der Waals surface area contributed by atoms with Gasteiger partial charge in [-0.05, 0) is 43.9 Å². The van der Waals surface area contributed by atoms with Gasteiger partial charge in [0.05, 0.1) is 15.2 Å². The molecule has 1 N–H and O–H groups in total. The molecule has 2 atom stereocenters. The lowest BCUT2D eigenvalue weighted by Gasteiger charge is -2.21. The van der Waals surface area contributed by atoms with E-state index in [1.807, 2.05) is 6.92 Å². The molecule has 158 valence electrons. The van der Waals surface area contributed by atoms with Crippen LogP contribution in [0.1, 0.15) is 38.2 Å². The Morgan fingerprint density at radius 2 is 1.97 bits per heavy atom. The van der Waals surface area contributed by atoms with Gasteiger partial charge >= 0.3 is 5.69 Å². The van der Waals surface area contributed by atoms with E-state index in [4.69, 9.17) is 0 Å². The Bertz CT molecular complexity index is 1200. The van der Waals surface area contributed by atoms with Crippen molar-refractivity contribution in [3.63, 3.8) is 0 Å². The summed E-state index contributed by atoms with van der Waals surface area (Å²) in [4.78, 5) is 15.5. The average Bonchev–Trinajstić information content (AvgIpc) is 3.35. The first-order chi connectivity index (χ1) is 14.3. The van der Waals surface area contributed by atoms with Crippen LogP contribution in [0, 0.1) is 23.0 Å². The molecule has 3 aromatic rings. The third-order valence-corrected chi connectivity index (χ3v) is 7.63. The number of nitrogens with zero attached hydrogens (tertiary/aromatic N) is 3. The second-order valence-electron chi connectivity index (χ2n) is 7.79. The van der Waals surface area contributed by atoms with Gasteiger partial charge in [-0.1, -0.05) is 37.5 Å². The molecule has 1 aliphatic rings. The first-order valence-corrected chi connectivity index (χ1v) is 11.5. The zero-order chi connectivity index (χ0) is 21.5. The number of nitrogens with one attached hydrogen (secondary N) is 1. The zero-order valence-corrected chi connectivity index (χ0v) is 17.7. The molecule has 1 aliphatic carbocycles. The van der Waals surface area contributed by atoms with E-state index in [1.54, 1.807) is 30.3 Å². The molecule has 2 heterocycles. The molecule has 0 spiro atoms. The van der Waals surface area contributed by atoms with Gasteiger partial charge in [-0.2, -0.15) is 0 Å². The fraction of sp³-hybridized carbons (Fsp3) is 0.381. The van der Waals surface area contributed by atoms with Gasteiger partial charge in [-0.15, -0.1) is 0 Å². The van der Waals surface area contributed by atoms with Crippen molar-refractivity contribution < 1.29 is 13.3 Å². The third-order valence-electron chi connectivity index (χ3n) is 5.95. The molecule has 1 aromatic carbocycles. The van der Waals surface area contributed by atoms with Crippen LogP contribution in [-0.2, 0) is 10.0 Å². The van der Waals surface area contributed by atoms with Gasteiger partial charge in [-0.25, -0.2) is 17.4 Å². The molecule has 8 nitrogen and oxygen atoms in total.